The fourth-order valence-electron chi connectivity index (χ4n) is 2.06. The lowest BCUT2D eigenvalue weighted by Gasteiger charge is -2.11. The molecule has 2 aromatic carbocycles. The summed E-state index contributed by atoms with van der Waals surface area (Å²) < 4.78 is 27.3. The van der Waals surface area contributed by atoms with E-state index in [0.717, 1.165) is 0 Å². The normalized spacial score (nSPS) is 11.5. The Morgan fingerprint density at radius 3 is 2.50 bits per heavy atom. The molecule has 5 nitrogen and oxygen atoms in total. The molecule has 0 aliphatic heterocycles. The lowest BCUT2D eigenvalue weighted by Crippen LogP contribution is -2.13. The van der Waals surface area contributed by atoms with Gasteiger partial charge in [0.2, 0.25) is 0 Å². The van der Waals surface area contributed by atoms with Crippen molar-refractivity contribution in [3.8, 4) is 5.75 Å². The van der Waals surface area contributed by atoms with Gasteiger partial charge in [-0.2, -0.15) is 0 Å². The average molecular weight is 335 g/mol. The van der Waals surface area contributed by atoms with Gasteiger partial charge >= 0.3 is 0 Å². The number of pyridine rings is 1. The van der Waals surface area contributed by atoms with Gasteiger partial charge in [-0.25, -0.2) is 8.42 Å². The van der Waals surface area contributed by atoms with Crippen LogP contribution in [-0.4, -0.2) is 18.5 Å². The van der Waals surface area contributed by atoms with E-state index in [1.807, 2.05) is 0 Å². The van der Waals surface area contributed by atoms with Crippen LogP contribution in [0.25, 0.3) is 10.9 Å². The summed E-state index contributed by atoms with van der Waals surface area (Å²) in [4.78, 5) is 4.15. The molecule has 0 aliphatic rings. The highest BCUT2D eigenvalue weighted by molar-refractivity contribution is 7.92. The van der Waals surface area contributed by atoms with Crippen molar-refractivity contribution in [2.45, 2.75) is 4.90 Å². The van der Waals surface area contributed by atoms with Crippen LogP contribution in [0.3, 0.4) is 0 Å². The monoisotopic (exact) mass is 334 g/mol. The average Bonchev–Trinajstić information content (AvgIpc) is 2.51. The zero-order chi connectivity index (χ0) is 15.7. The number of hydrogen-bond donors (Lipinski definition) is 2. The minimum absolute atomic E-state index is 0.00922. The Morgan fingerprint density at radius 2 is 1.77 bits per heavy atom. The second kappa shape index (κ2) is 5.47. The summed E-state index contributed by atoms with van der Waals surface area (Å²) in [5, 5.41) is 10.8. The number of sulfonamides is 1. The third kappa shape index (κ3) is 2.70. The second-order valence-electron chi connectivity index (χ2n) is 4.59. The van der Waals surface area contributed by atoms with E-state index in [0.29, 0.717) is 21.6 Å². The van der Waals surface area contributed by atoms with E-state index in [1.54, 1.807) is 12.1 Å². The number of fused-ring (bicyclic) bond motifs is 1. The number of phenolic OH excluding ortho intramolecular Hbond substituents is 1. The molecule has 112 valence electrons. The van der Waals surface area contributed by atoms with Crippen molar-refractivity contribution < 1.29 is 13.5 Å². The van der Waals surface area contributed by atoms with Gasteiger partial charge in [-0.1, -0.05) is 11.6 Å². The molecule has 0 fully saturated rings. The van der Waals surface area contributed by atoms with Gasteiger partial charge in [0.25, 0.3) is 10.0 Å². The number of hydrogen-bond acceptors (Lipinski definition) is 4. The number of nitrogens with zero attached hydrogens (tertiary/aromatic N) is 1. The van der Waals surface area contributed by atoms with Crippen molar-refractivity contribution in [3.63, 3.8) is 0 Å². The smallest absolute Gasteiger partial charge is 0.261 e. The maximum atomic E-state index is 12.4. The second-order valence-corrected chi connectivity index (χ2v) is 6.71. The van der Waals surface area contributed by atoms with E-state index >= 15 is 0 Å². The van der Waals surface area contributed by atoms with E-state index in [1.165, 1.54) is 42.6 Å². The Bertz CT molecular complexity index is 941. The number of aromatic nitrogens is 1. The molecule has 22 heavy (non-hydrogen) atoms. The fraction of sp³-hybridized carbons (Fsp3) is 0. The molecule has 3 rings (SSSR count). The van der Waals surface area contributed by atoms with Crippen LogP contribution >= 0.6 is 11.6 Å². The Morgan fingerprint density at radius 1 is 1.05 bits per heavy atom. The molecule has 7 heteroatoms. The van der Waals surface area contributed by atoms with Gasteiger partial charge in [0.1, 0.15) is 11.3 Å². The van der Waals surface area contributed by atoms with Crippen LogP contribution in [0.4, 0.5) is 5.69 Å². The van der Waals surface area contributed by atoms with Crippen LogP contribution in [-0.2, 0) is 10.0 Å². The minimum Gasteiger partial charge on any atom is -0.506 e. The Kier molecular flexibility index (Phi) is 3.64. The number of aromatic hydroxyl groups is 1. The van der Waals surface area contributed by atoms with Gasteiger partial charge in [-0.05, 0) is 48.5 Å². The fourth-order valence-corrected chi connectivity index (χ4v) is 3.27. The molecule has 0 bridgehead atoms. The van der Waals surface area contributed by atoms with Crippen LogP contribution in [0.2, 0.25) is 5.02 Å². The van der Waals surface area contributed by atoms with Gasteiger partial charge < -0.3 is 5.11 Å². The van der Waals surface area contributed by atoms with Gasteiger partial charge in [0, 0.05) is 16.6 Å². The van der Waals surface area contributed by atoms with Gasteiger partial charge in [-0.3, -0.25) is 9.71 Å². The van der Waals surface area contributed by atoms with Gasteiger partial charge in [0.15, 0.2) is 0 Å². The first-order valence-corrected chi connectivity index (χ1v) is 8.18. The van der Waals surface area contributed by atoms with Crippen LogP contribution in [0.15, 0.2) is 59.6 Å². The van der Waals surface area contributed by atoms with Crippen LogP contribution in [0.5, 0.6) is 5.75 Å². The van der Waals surface area contributed by atoms with E-state index in [-0.39, 0.29) is 10.6 Å². The highest BCUT2D eigenvalue weighted by atomic mass is 35.5. The minimum atomic E-state index is -3.75. The number of halogens is 1. The molecule has 0 aliphatic carbocycles. The first-order valence-electron chi connectivity index (χ1n) is 6.32. The first-order chi connectivity index (χ1) is 10.5. The molecule has 0 saturated heterocycles. The predicted octanol–water partition coefficient (Wildman–Crippen LogP) is 3.39. The molecule has 0 atom stereocenters. The van der Waals surface area contributed by atoms with Crippen molar-refractivity contribution in [3.05, 3.63) is 59.8 Å². The Labute approximate surface area is 132 Å². The molecule has 1 aromatic heterocycles. The third-order valence-electron chi connectivity index (χ3n) is 3.12. The molecular weight excluding hydrogens is 324 g/mol. The molecule has 1 heterocycles. The highest BCUT2D eigenvalue weighted by Gasteiger charge is 2.16. The predicted molar refractivity (Wildman–Crippen MR) is 85.7 cm³/mol. The lowest BCUT2D eigenvalue weighted by molar-refractivity contribution is 0.480. The van der Waals surface area contributed by atoms with Crippen molar-refractivity contribution in [1.82, 2.24) is 4.98 Å². The molecule has 0 saturated carbocycles. The van der Waals surface area contributed by atoms with Crippen LogP contribution in [0, 0.1) is 0 Å². The SMILES string of the molecule is O=S(=O)(Nc1ccc(O)c2ncccc12)c1ccc(Cl)cc1. The standard InChI is InChI=1S/C15H11ClN2O3S/c16-10-3-5-11(6-4-10)22(20,21)18-13-7-8-14(19)15-12(13)2-1-9-17-15/h1-9,18-19H. The molecule has 2 N–H and O–H groups in total. The van der Waals surface area contributed by atoms with Gasteiger partial charge in [-0.15, -0.1) is 0 Å². The lowest BCUT2D eigenvalue weighted by atomic mass is 10.2. The summed E-state index contributed by atoms with van der Waals surface area (Å²) >= 11 is 5.77. The molecule has 0 amide bonds. The van der Waals surface area contributed by atoms with Crippen LogP contribution in [0.1, 0.15) is 0 Å². The van der Waals surface area contributed by atoms with E-state index in [2.05, 4.69) is 9.71 Å². The molecule has 0 unspecified atom stereocenters. The zero-order valence-corrected chi connectivity index (χ0v) is 12.8. The summed E-state index contributed by atoms with van der Waals surface area (Å²) in [5.41, 5.74) is 0.676. The van der Waals surface area contributed by atoms with Crippen LogP contribution < -0.4 is 4.72 Å². The van der Waals surface area contributed by atoms with Crippen molar-refractivity contribution in [2.75, 3.05) is 4.72 Å². The Balaban J connectivity index is 2.06. The topological polar surface area (TPSA) is 79.3 Å². The third-order valence-corrected chi connectivity index (χ3v) is 4.75. The van der Waals surface area contributed by atoms with Crippen molar-refractivity contribution in [2.24, 2.45) is 0 Å². The number of phenols is 1. The maximum Gasteiger partial charge on any atom is 0.261 e. The number of benzene rings is 2. The maximum absolute atomic E-state index is 12.4. The zero-order valence-electron chi connectivity index (χ0n) is 11.2. The summed E-state index contributed by atoms with van der Waals surface area (Å²) in [6, 6.07) is 12.1. The summed E-state index contributed by atoms with van der Waals surface area (Å²) in [6.45, 7) is 0. The molecule has 0 radical (unpaired) electrons. The number of nitrogens with one attached hydrogen (secondary N) is 1. The van der Waals surface area contributed by atoms with Crippen molar-refractivity contribution >= 4 is 38.2 Å². The largest absolute Gasteiger partial charge is 0.506 e. The van der Waals surface area contributed by atoms with E-state index in [4.69, 9.17) is 11.6 Å². The summed E-state index contributed by atoms with van der Waals surface area (Å²) in [6.07, 6.45) is 1.53. The van der Waals surface area contributed by atoms with Crippen molar-refractivity contribution in [1.29, 1.82) is 0 Å². The number of anilines is 1. The number of rotatable bonds is 3. The summed E-state index contributed by atoms with van der Waals surface area (Å²) in [5.74, 6) is -0.00922. The van der Waals surface area contributed by atoms with E-state index in [9.17, 15) is 13.5 Å². The summed E-state index contributed by atoms with van der Waals surface area (Å²) in [7, 11) is -3.75. The molecular formula is C15H11ClN2O3S. The van der Waals surface area contributed by atoms with E-state index < -0.39 is 10.0 Å². The molecule has 3 aromatic rings. The van der Waals surface area contributed by atoms with Gasteiger partial charge in [0.05, 0.1) is 10.6 Å². The molecule has 0 spiro atoms. The Hall–Kier alpha value is -2.31. The highest BCUT2D eigenvalue weighted by Crippen LogP contribution is 2.30. The first kappa shape index (κ1) is 14.6. The quantitative estimate of drug-likeness (QED) is 0.719.